The summed E-state index contributed by atoms with van der Waals surface area (Å²) >= 11 is 6.16. The van der Waals surface area contributed by atoms with Crippen molar-refractivity contribution < 1.29 is 18.7 Å². The van der Waals surface area contributed by atoms with Crippen molar-refractivity contribution in [3.63, 3.8) is 0 Å². The van der Waals surface area contributed by atoms with Gasteiger partial charge in [-0.1, -0.05) is 23.7 Å². The first-order valence-electron chi connectivity index (χ1n) is 9.09. The van der Waals surface area contributed by atoms with Gasteiger partial charge >= 0.3 is 5.97 Å². The molecule has 6 heteroatoms. The van der Waals surface area contributed by atoms with E-state index in [9.17, 15) is 9.59 Å². The molecule has 5 nitrogen and oxygen atoms in total. The first-order valence-corrected chi connectivity index (χ1v) is 9.46. The van der Waals surface area contributed by atoms with E-state index in [0.717, 1.165) is 11.1 Å². The molecule has 3 rings (SSSR count). The van der Waals surface area contributed by atoms with Crippen LogP contribution in [-0.4, -0.2) is 18.5 Å². The second-order valence-corrected chi connectivity index (χ2v) is 6.69. The first kappa shape index (κ1) is 20.4. The van der Waals surface area contributed by atoms with Crippen LogP contribution in [0.1, 0.15) is 28.6 Å². The normalized spacial score (nSPS) is 10.9. The van der Waals surface area contributed by atoms with Gasteiger partial charge in [0.25, 0.3) is 0 Å². The molecule has 0 unspecified atom stereocenters. The monoisotopic (exact) mass is 409 g/mol. The molecule has 0 spiro atoms. The van der Waals surface area contributed by atoms with Crippen LogP contribution >= 0.6 is 11.6 Å². The van der Waals surface area contributed by atoms with Crippen molar-refractivity contribution in [2.45, 2.75) is 13.8 Å². The second kappa shape index (κ2) is 9.26. The van der Waals surface area contributed by atoms with Crippen LogP contribution in [0, 0.1) is 6.92 Å². The summed E-state index contributed by atoms with van der Waals surface area (Å²) < 4.78 is 10.7. The molecule has 0 saturated carbocycles. The standard InChI is InChI=1S/C23H20ClNO4/c1-3-28-23(27)16-6-8-18(9-7-16)25-22(26)13-11-19-10-12-21(29-19)17-5-4-15(2)20(24)14-17/h4-14H,3H2,1-2H3,(H,25,26)/b13-11+. The Kier molecular flexibility index (Phi) is 6.52. The summed E-state index contributed by atoms with van der Waals surface area (Å²) in [5, 5.41) is 3.40. The Balaban J connectivity index is 1.61. The lowest BCUT2D eigenvalue weighted by atomic mass is 10.1. The van der Waals surface area contributed by atoms with Crippen LogP contribution in [0.5, 0.6) is 0 Å². The molecule has 148 valence electrons. The van der Waals surface area contributed by atoms with Crippen molar-refractivity contribution in [3.05, 3.63) is 82.6 Å². The van der Waals surface area contributed by atoms with E-state index in [0.29, 0.717) is 34.4 Å². The summed E-state index contributed by atoms with van der Waals surface area (Å²) in [6.07, 6.45) is 2.96. The number of hydrogen-bond acceptors (Lipinski definition) is 4. The Morgan fingerprint density at radius 1 is 1.10 bits per heavy atom. The van der Waals surface area contributed by atoms with Gasteiger partial charge in [-0.2, -0.15) is 0 Å². The zero-order valence-electron chi connectivity index (χ0n) is 16.1. The van der Waals surface area contributed by atoms with Crippen molar-refractivity contribution >= 4 is 35.2 Å². The van der Waals surface area contributed by atoms with E-state index in [1.807, 2.05) is 31.2 Å². The van der Waals surface area contributed by atoms with Crippen LogP contribution in [0.4, 0.5) is 5.69 Å². The molecule has 1 aromatic heterocycles. The molecule has 0 saturated heterocycles. The van der Waals surface area contributed by atoms with E-state index < -0.39 is 5.97 Å². The highest BCUT2D eigenvalue weighted by atomic mass is 35.5. The Hall–Kier alpha value is -3.31. The third kappa shape index (κ3) is 5.36. The smallest absolute Gasteiger partial charge is 0.338 e. The van der Waals surface area contributed by atoms with E-state index in [-0.39, 0.29) is 5.91 Å². The van der Waals surface area contributed by atoms with Crippen LogP contribution in [-0.2, 0) is 9.53 Å². The highest BCUT2D eigenvalue weighted by Crippen LogP contribution is 2.27. The van der Waals surface area contributed by atoms with Crippen LogP contribution in [0.2, 0.25) is 5.02 Å². The number of nitrogens with one attached hydrogen (secondary N) is 1. The van der Waals surface area contributed by atoms with Crippen molar-refractivity contribution in [3.8, 4) is 11.3 Å². The number of halogens is 1. The maximum Gasteiger partial charge on any atom is 0.338 e. The van der Waals surface area contributed by atoms with Gasteiger partial charge in [0.1, 0.15) is 11.5 Å². The third-order valence-electron chi connectivity index (χ3n) is 4.15. The molecule has 0 fully saturated rings. The number of hydrogen-bond donors (Lipinski definition) is 1. The number of aryl methyl sites for hydroxylation is 1. The van der Waals surface area contributed by atoms with Gasteiger partial charge in [-0.15, -0.1) is 0 Å². The predicted molar refractivity (Wildman–Crippen MR) is 114 cm³/mol. The van der Waals surface area contributed by atoms with Gasteiger partial charge in [-0.3, -0.25) is 4.79 Å². The van der Waals surface area contributed by atoms with Crippen molar-refractivity contribution in [2.75, 3.05) is 11.9 Å². The molecule has 1 heterocycles. The van der Waals surface area contributed by atoms with Gasteiger partial charge in [0.05, 0.1) is 12.2 Å². The van der Waals surface area contributed by atoms with Gasteiger partial charge in [0, 0.05) is 22.3 Å². The van der Waals surface area contributed by atoms with E-state index in [4.69, 9.17) is 20.8 Å². The molecule has 0 aliphatic heterocycles. The van der Waals surface area contributed by atoms with E-state index >= 15 is 0 Å². The molecule has 2 aromatic carbocycles. The van der Waals surface area contributed by atoms with Crippen molar-refractivity contribution in [2.24, 2.45) is 0 Å². The molecule has 0 aliphatic carbocycles. The largest absolute Gasteiger partial charge is 0.462 e. The highest BCUT2D eigenvalue weighted by molar-refractivity contribution is 6.31. The lowest BCUT2D eigenvalue weighted by Crippen LogP contribution is -2.08. The maximum atomic E-state index is 12.1. The molecule has 0 atom stereocenters. The predicted octanol–water partition coefficient (Wildman–Crippen LogP) is 5.74. The minimum Gasteiger partial charge on any atom is -0.462 e. The van der Waals surface area contributed by atoms with Crippen molar-refractivity contribution in [1.82, 2.24) is 0 Å². The fourth-order valence-corrected chi connectivity index (χ4v) is 2.77. The van der Waals surface area contributed by atoms with Crippen LogP contribution in [0.3, 0.4) is 0 Å². The summed E-state index contributed by atoms with van der Waals surface area (Å²) in [7, 11) is 0. The molecule has 1 amide bonds. The van der Waals surface area contributed by atoms with Gasteiger partial charge < -0.3 is 14.5 Å². The van der Waals surface area contributed by atoms with Crippen molar-refractivity contribution in [1.29, 1.82) is 0 Å². The molecule has 0 aliphatic rings. The van der Waals surface area contributed by atoms with Crippen LogP contribution < -0.4 is 5.32 Å². The molecule has 29 heavy (non-hydrogen) atoms. The average molecular weight is 410 g/mol. The van der Waals surface area contributed by atoms with Gasteiger partial charge in [-0.05, 0) is 68.0 Å². The van der Waals surface area contributed by atoms with Crippen LogP contribution in [0.15, 0.2) is 65.1 Å². The average Bonchev–Trinajstić information content (AvgIpc) is 3.18. The Labute approximate surface area is 173 Å². The highest BCUT2D eigenvalue weighted by Gasteiger charge is 2.07. The van der Waals surface area contributed by atoms with E-state index in [2.05, 4.69) is 5.32 Å². The summed E-state index contributed by atoms with van der Waals surface area (Å²) in [6, 6.07) is 15.8. The van der Waals surface area contributed by atoms with Gasteiger partial charge in [-0.25, -0.2) is 4.79 Å². The zero-order chi connectivity index (χ0) is 20.8. The second-order valence-electron chi connectivity index (χ2n) is 6.29. The Bertz CT molecular complexity index is 1050. The maximum absolute atomic E-state index is 12.1. The Morgan fingerprint density at radius 2 is 1.86 bits per heavy atom. The van der Waals surface area contributed by atoms with Gasteiger partial charge in [0.15, 0.2) is 0 Å². The number of rotatable bonds is 6. The molecule has 0 bridgehead atoms. The molecular weight excluding hydrogens is 390 g/mol. The molecular formula is C23H20ClNO4. The topological polar surface area (TPSA) is 68.5 Å². The third-order valence-corrected chi connectivity index (χ3v) is 4.55. The molecule has 1 N–H and O–H groups in total. The summed E-state index contributed by atoms with van der Waals surface area (Å²) in [5.41, 5.74) is 2.86. The minimum atomic E-state index is -0.395. The Morgan fingerprint density at radius 3 is 2.55 bits per heavy atom. The van der Waals surface area contributed by atoms with Crippen LogP contribution in [0.25, 0.3) is 17.4 Å². The van der Waals surface area contributed by atoms with E-state index in [1.165, 1.54) is 6.08 Å². The summed E-state index contributed by atoms with van der Waals surface area (Å²) in [6.45, 7) is 4.00. The quantitative estimate of drug-likeness (QED) is 0.416. The lowest BCUT2D eigenvalue weighted by molar-refractivity contribution is -0.111. The van der Waals surface area contributed by atoms with E-state index in [1.54, 1.807) is 43.3 Å². The number of ether oxygens (including phenoxy) is 1. The summed E-state index contributed by atoms with van der Waals surface area (Å²) in [5.74, 6) is 0.505. The first-order chi connectivity index (χ1) is 14.0. The molecule has 0 radical (unpaired) electrons. The fraction of sp³-hybridized carbons (Fsp3) is 0.130. The minimum absolute atomic E-state index is 0.313. The lowest BCUT2D eigenvalue weighted by Gasteiger charge is -2.04. The van der Waals surface area contributed by atoms with Gasteiger partial charge in [0.2, 0.25) is 5.91 Å². The number of carbonyl (C=O) groups is 2. The number of esters is 1. The number of amides is 1. The molecule has 3 aromatic rings. The number of carbonyl (C=O) groups excluding carboxylic acids is 2. The summed E-state index contributed by atoms with van der Waals surface area (Å²) in [4.78, 5) is 23.8. The number of anilines is 1. The number of furan rings is 1. The fourth-order valence-electron chi connectivity index (χ4n) is 2.59. The zero-order valence-corrected chi connectivity index (χ0v) is 16.8. The SMILES string of the molecule is CCOC(=O)c1ccc(NC(=O)/C=C/c2ccc(-c3ccc(C)c(Cl)c3)o2)cc1. The number of benzene rings is 2.